The Morgan fingerprint density at radius 2 is 1.77 bits per heavy atom. The predicted molar refractivity (Wildman–Crippen MR) is 132 cm³/mol. The van der Waals surface area contributed by atoms with E-state index in [2.05, 4.69) is 15.6 Å². The standard InChI is InChI=1S/C26H24N4O5/c1-3-34-25(32)18-8-10-19(11-9-18)28-26(33)29-21-6-4-5-7-22(21)35-16-20-15-24(31)30-13-12-17(2)14-23(30)27-20/h4-15H,3,16H2,1-2H3,(H2,28,29,33). The zero-order chi connectivity index (χ0) is 24.8. The number of carbonyl (C=O) groups is 2. The van der Waals surface area contributed by atoms with Crippen molar-refractivity contribution in [2.45, 2.75) is 20.5 Å². The molecule has 0 aliphatic carbocycles. The quantitative estimate of drug-likeness (QED) is 0.386. The fourth-order valence-electron chi connectivity index (χ4n) is 3.36. The summed E-state index contributed by atoms with van der Waals surface area (Å²) in [5.41, 5.74) is 3.15. The summed E-state index contributed by atoms with van der Waals surface area (Å²) in [5, 5.41) is 5.46. The van der Waals surface area contributed by atoms with Crippen molar-refractivity contribution in [3.8, 4) is 5.75 Å². The van der Waals surface area contributed by atoms with Crippen molar-refractivity contribution in [1.29, 1.82) is 0 Å². The number of fused-ring (bicyclic) bond motifs is 1. The van der Waals surface area contributed by atoms with E-state index in [-0.39, 0.29) is 18.8 Å². The van der Waals surface area contributed by atoms with Crippen LogP contribution < -0.4 is 20.9 Å². The van der Waals surface area contributed by atoms with Crippen molar-refractivity contribution in [3.63, 3.8) is 0 Å². The van der Waals surface area contributed by atoms with E-state index in [1.54, 1.807) is 61.7 Å². The first-order valence-electron chi connectivity index (χ1n) is 11.0. The van der Waals surface area contributed by atoms with Gasteiger partial charge in [-0.05, 0) is 67.9 Å². The number of para-hydroxylation sites is 2. The Kier molecular flexibility index (Phi) is 7.06. The summed E-state index contributed by atoms with van der Waals surface area (Å²) < 4.78 is 12.3. The van der Waals surface area contributed by atoms with E-state index in [1.807, 2.05) is 19.1 Å². The van der Waals surface area contributed by atoms with Crippen molar-refractivity contribution in [2.75, 3.05) is 17.2 Å². The second-order valence-electron chi connectivity index (χ2n) is 7.68. The van der Waals surface area contributed by atoms with Crippen molar-refractivity contribution < 1.29 is 19.1 Å². The molecule has 2 heterocycles. The Morgan fingerprint density at radius 3 is 2.54 bits per heavy atom. The zero-order valence-corrected chi connectivity index (χ0v) is 19.3. The fourth-order valence-corrected chi connectivity index (χ4v) is 3.36. The zero-order valence-electron chi connectivity index (χ0n) is 19.3. The average Bonchev–Trinajstić information content (AvgIpc) is 2.84. The van der Waals surface area contributed by atoms with Crippen LogP contribution in [0.1, 0.15) is 28.5 Å². The van der Waals surface area contributed by atoms with Crippen LogP contribution in [-0.2, 0) is 11.3 Å². The molecular formula is C26H24N4O5. The number of anilines is 2. The molecule has 0 bridgehead atoms. The summed E-state index contributed by atoms with van der Waals surface area (Å²) >= 11 is 0. The van der Waals surface area contributed by atoms with Gasteiger partial charge in [-0.1, -0.05) is 12.1 Å². The minimum atomic E-state index is -0.484. The van der Waals surface area contributed by atoms with Gasteiger partial charge in [0, 0.05) is 18.0 Å². The lowest BCUT2D eigenvalue weighted by molar-refractivity contribution is 0.0526. The third kappa shape index (κ3) is 5.83. The number of ether oxygens (including phenoxy) is 2. The lowest BCUT2D eigenvalue weighted by Gasteiger charge is -2.13. The molecule has 0 atom stereocenters. The molecule has 2 amide bonds. The molecule has 0 saturated heterocycles. The van der Waals surface area contributed by atoms with Crippen LogP contribution in [0.25, 0.3) is 5.65 Å². The monoisotopic (exact) mass is 472 g/mol. The van der Waals surface area contributed by atoms with Gasteiger partial charge in [0.25, 0.3) is 5.56 Å². The number of aromatic nitrogens is 2. The van der Waals surface area contributed by atoms with E-state index in [0.717, 1.165) is 5.56 Å². The molecule has 0 aliphatic rings. The van der Waals surface area contributed by atoms with Crippen LogP contribution in [0.2, 0.25) is 0 Å². The van der Waals surface area contributed by atoms with E-state index in [0.29, 0.717) is 34.0 Å². The lowest BCUT2D eigenvalue weighted by Crippen LogP contribution is -2.20. The summed E-state index contributed by atoms with van der Waals surface area (Å²) in [5.74, 6) is -0.000130. The van der Waals surface area contributed by atoms with Gasteiger partial charge in [-0.15, -0.1) is 0 Å². The Hall–Kier alpha value is -4.66. The average molecular weight is 473 g/mol. The van der Waals surface area contributed by atoms with Gasteiger partial charge in [-0.3, -0.25) is 9.20 Å². The van der Waals surface area contributed by atoms with E-state index in [9.17, 15) is 14.4 Å². The fraction of sp³-hybridized carbons (Fsp3) is 0.154. The van der Waals surface area contributed by atoms with Gasteiger partial charge in [0.05, 0.1) is 23.6 Å². The molecule has 0 fully saturated rings. The second-order valence-corrected chi connectivity index (χ2v) is 7.68. The van der Waals surface area contributed by atoms with Gasteiger partial charge < -0.3 is 20.1 Å². The summed E-state index contributed by atoms with van der Waals surface area (Å²) in [7, 11) is 0. The number of pyridine rings is 1. The largest absolute Gasteiger partial charge is 0.485 e. The van der Waals surface area contributed by atoms with Crippen LogP contribution in [0.5, 0.6) is 5.75 Å². The Bertz CT molecular complexity index is 1430. The van der Waals surface area contributed by atoms with Crippen LogP contribution in [0.15, 0.2) is 77.7 Å². The minimum absolute atomic E-state index is 0.0509. The van der Waals surface area contributed by atoms with E-state index in [4.69, 9.17) is 9.47 Å². The van der Waals surface area contributed by atoms with Crippen molar-refractivity contribution in [2.24, 2.45) is 0 Å². The molecule has 2 aromatic carbocycles. The number of urea groups is 1. The molecule has 0 spiro atoms. The van der Waals surface area contributed by atoms with Crippen molar-refractivity contribution >= 4 is 29.0 Å². The predicted octanol–water partition coefficient (Wildman–Crippen LogP) is 4.40. The molecule has 0 saturated carbocycles. The maximum Gasteiger partial charge on any atom is 0.338 e. The first kappa shape index (κ1) is 23.5. The van der Waals surface area contributed by atoms with Gasteiger partial charge in [0.15, 0.2) is 0 Å². The molecule has 4 aromatic rings. The number of benzene rings is 2. The van der Waals surface area contributed by atoms with Gasteiger partial charge in [-0.2, -0.15) is 0 Å². The number of aryl methyl sites for hydroxylation is 1. The van der Waals surface area contributed by atoms with Crippen LogP contribution in [0, 0.1) is 6.92 Å². The van der Waals surface area contributed by atoms with E-state index >= 15 is 0 Å². The maximum atomic E-state index is 12.5. The third-order valence-electron chi connectivity index (χ3n) is 5.04. The smallest absolute Gasteiger partial charge is 0.338 e. The molecule has 9 heteroatoms. The number of carbonyl (C=O) groups excluding carboxylic acids is 2. The molecule has 0 aliphatic heterocycles. The number of amides is 2. The first-order chi connectivity index (χ1) is 16.9. The Morgan fingerprint density at radius 1 is 1.00 bits per heavy atom. The Balaban J connectivity index is 1.42. The highest BCUT2D eigenvalue weighted by Gasteiger charge is 2.11. The Labute approximate surface area is 201 Å². The molecule has 178 valence electrons. The highest BCUT2D eigenvalue weighted by Crippen LogP contribution is 2.25. The topological polar surface area (TPSA) is 111 Å². The van der Waals surface area contributed by atoms with Gasteiger partial charge in [0.1, 0.15) is 18.0 Å². The highest BCUT2D eigenvalue weighted by atomic mass is 16.5. The normalized spacial score (nSPS) is 10.6. The molecule has 0 unspecified atom stereocenters. The number of hydrogen-bond acceptors (Lipinski definition) is 6. The number of hydrogen-bond donors (Lipinski definition) is 2. The van der Waals surface area contributed by atoms with Crippen LogP contribution in [-0.4, -0.2) is 28.0 Å². The number of nitrogens with one attached hydrogen (secondary N) is 2. The summed E-state index contributed by atoms with van der Waals surface area (Å²) in [6, 6.07) is 17.9. The number of nitrogens with zero attached hydrogens (tertiary/aromatic N) is 2. The van der Waals surface area contributed by atoms with E-state index in [1.165, 1.54) is 10.5 Å². The van der Waals surface area contributed by atoms with E-state index < -0.39 is 12.0 Å². The van der Waals surface area contributed by atoms with Gasteiger partial charge in [-0.25, -0.2) is 14.6 Å². The van der Waals surface area contributed by atoms with Crippen molar-refractivity contribution in [1.82, 2.24) is 9.38 Å². The first-order valence-corrected chi connectivity index (χ1v) is 11.0. The molecule has 35 heavy (non-hydrogen) atoms. The molecule has 2 aromatic heterocycles. The lowest BCUT2D eigenvalue weighted by atomic mass is 10.2. The second kappa shape index (κ2) is 10.5. The molecular weight excluding hydrogens is 448 g/mol. The summed E-state index contributed by atoms with van der Waals surface area (Å²) in [6.45, 7) is 4.00. The number of esters is 1. The molecule has 2 N–H and O–H groups in total. The van der Waals surface area contributed by atoms with Gasteiger partial charge >= 0.3 is 12.0 Å². The maximum absolute atomic E-state index is 12.5. The SMILES string of the molecule is CCOC(=O)c1ccc(NC(=O)Nc2ccccc2OCc2cc(=O)n3ccc(C)cc3n2)cc1. The molecule has 0 radical (unpaired) electrons. The number of rotatable bonds is 7. The van der Waals surface area contributed by atoms with Crippen molar-refractivity contribution in [3.05, 3.63) is 100 Å². The van der Waals surface area contributed by atoms with Gasteiger partial charge in [0.2, 0.25) is 0 Å². The molecule has 9 nitrogen and oxygen atoms in total. The van der Waals surface area contributed by atoms with Crippen LogP contribution in [0.4, 0.5) is 16.2 Å². The third-order valence-corrected chi connectivity index (χ3v) is 5.04. The van der Waals surface area contributed by atoms with Crippen LogP contribution >= 0.6 is 0 Å². The molecule has 4 rings (SSSR count). The summed E-state index contributed by atoms with van der Waals surface area (Å²) in [4.78, 5) is 41.2. The highest BCUT2D eigenvalue weighted by molar-refractivity contribution is 6.01. The minimum Gasteiger partial charge on any atom is -0.485 e. The summed E-state index contributed by atoms with van der Waals surface area (Å²) in [6.07, 6.45) is 1.69. The van der Waals surface area contributed by atoms with Crippen LogP contribution in [0.3, 0.4) is 0 Å².